The summed E-state index contributed by atoms with van der Waals surface area (Å²) >= 11 is 0. The Balaban J connectivity index is 1.49. The van der Waals surface area contributed by atoms with Crippen LogP contribution in [0.3, 0.4) is 0 Å². The molecule has 7 nitrogen and oxygen atoms in total. The van der Waals surface area contributed by atoms with Crippen molar-refractivity contribution in [3.63, 3.8) is 0 Å². The van der Waals surface area contributed by atoms with Gasteiger partial charge in [-0.1, -0.05) is 19.1 Å². The SMILES string of the molecule is CCCn1cc(C(=O)N2CCC(C(=O)NCc3ccc(OC)cc3)CC2)c(C)n1. The van der Waals surface area contributed by atoms with Gasteiger partial charge in [0.1, 0.15) is 5.75 Å². The lowest BCUT2D eigenvalue weighted by Gasteiger charge is -2.31. The molecule has 1 aromatic carbocycles. The summed E-state index contributed by atoms with van der Waals surface area (Å²) in [5.41, 5.74) is 2.47. The van der Waals surface area contributed by atoms with E-state index in [9.17, 15) is 9.59 Å². The van der Waals surface area contributed by atoms with Crippen molar-refractivity contribution in [1.82, 2.24) is 20.0 Å². The number of ether oxygens (including phenoxy) is 1. The number of aromatic nitrogens is 2. The Labute approximate surface area is 172 Å². The summed E-state index contributed by atoms with van der Waals surface area (Å²) in [6, 6.07) is 7.66. The summed E-state index contributed by atoms with van der Waals surface area (Å²) in [5, 5.41) is 7.43. The van der Waals surface area contributed by atoms with Gasteiger partial charge >= 0.3 is 0 Å². The summed E-state index contributed by atoms with van der Waals surface area (Å²) in [4.78, 5) is 27.2. The van der Waals surface area contributed by atoms with Crippen LogP contribution in [0.25, 0.3) is 0 Å². The lowest BCUT2D eigenvalue weighted by molar-refractivity contribution is -0.126. The molecule has 2 amide bonds. The molecule has 1 N–H and O–H groups in total. The van der Waals surface area contributed by atoms with E-state index in [0.717, 1.165) is 30.0 Å². The van der Waals surface area contributed by atoms with E-state index in [1.54, 1.807) is 7.11 Å². The quantitative estimate of drug-likeness (QED) is 0.778. The number of hydrogen-bond donors (Lipinski definition) is 1. The van der Waals surface area contributed by atoms with E-state index in [0.29, 0.717) is 38.0 Å². The van der Waals surface area contributed by atoms with Crippen LogP contribution in [0.15, 0.2) is 30.5 Å². The van der Waals surface area contributed by atoms with Crippen LogP contribution in [0.1, 0.15) is 47.8 Å². The van der Waals surface area contributed by atoms with E-state index >= 15 is 0 Å². The normalized spacial score (nSPS) is 14.7. The molecule has 2 aromatic rings. The molecule has 0 aliphatic carbocycles. The molecule has 0 spiro atoms. The summed E-state index contributed by atoms with van der Waals surface area (Å²) in [7, 11) is 1.63. The zero-order valence-corrected chi connectivity index (χ0v) is 17.5. The van der Waals surface area contributed by atoms with Crippen molar-refractivity contribution < 1.29 is 14.3 Å². The minimum absolute atomic E-state index is 0.0157. The van der Waals surface area contributed by atoms with Gasteiger partial charge in [-0.2, -0.15) is 5.10 Å². The molecule has 7 heteroatoms. The van der Waals surface area contributed by atoms with Crippen molar-refractivity contribution >= 4 is 11.8 Å². The highest BCUT2D eigenvalue weighted by Crippen LogP contribution is 2.21. The van der Waals surface area contributed by atoms with Gasteiger partial charge in [0.2, 0.25) is 5.91 Å². The number of nitrogens with zero attached hydrogens (tertiary/aromatic N) is 3. The van der Waals surface area contributed by atoms with Gasteiger partial charge in [-0.3, -0.25) is 14.3 Å². The van der Waals surface area contributed by atoms with Crippen molar-refractivity contribution in [2.75, 3.05) is 20.2 Å². The van der Waals surface area contributed by atoms with E-state index in [1.807, 2.05) is 47.0 Å². The first-order valence-corrected chi connectivity index (χ1v) is 10.3. The second-order valence-corrected chi connectivity index (χ2v) is 7.52. The summed E-state index contributed by atoms with van der Waals surface area (Å²) in [6.45, 7) is 6.46. The largest absolute Gasteiger partial charge is 0.497 e. The first-order valence-electron chi connectivity index (χ1n) is 10.3. The highest BCUT2D eigenvalue weighted by atomic mass is 16.5. The molecule has 0 atom stereocenters. The van der Waals surface area contributed by atoms with Crippen molar-refractivity contribution in [1.29, 1.82) is 0 Å². The van der Waals surface area contributed by atoms with E-state index < -0.39 is 0 Å². The zero-order valence-electron chi connectivity index (χ0n) is 17.5. The van der Waals surface area contributed by atoms with Gasteiger partial charge in [0.15, 0.2) is 0 Å². The summed E-state index contributed by atoms with van der Waals surface area (Å²) in [6.07, 6.45) is 4.19. The van der Waals surface area contributed by atoms with E-state index in [1.165, 1.54) is 0 Å². The number of aryl methyl sites for hydroxylation is 2. The molecule has 0 radical (unpaired) electrons. The molecule has 156 valence electrons. The molecule has 1 aliphatic rings. The topological polar surface area (TPSA) is 76.5 Å². The Hall–Kier alpha value is -2.83. The average Bonchev–Trinajstić information content (AvgIpc) is 3.12. The summed E-state index contributed by atoms with van der Waals surface area (Å²) in [5.74, 6) is 0.815. The molecule has 1 saturated heterocycles. The number of methoxy groups -OCH3 is 1. The molecule has 29 heavy (non-hydrogen) atoms. The maximum Gasteiger partial charge on any atom is 0.257 e. The zero-order chi connectivity index (χ0) is 20.8. The molecule has 0 unspecified atom stereocenters. The van der Waals surface area contributed by atoms with Crippen LogP contribution in [0.5, 0.6) is 5.75 Å². The first-order chi connectivity index (χ1) is 14.0. The number of amides is 2. The van der Waals surface area contributed by atoms with Crippen molar-refractivity contribution in [3.05, 3.63) is 47.3 Å². The summed E-state index contributed by atoms with van der Waals surface area (Å²) < 4.78 is 6.98. The first kappa shape index (κ1) is 20.9. The van der Waals surface area contributed by atoms with E-state index in [2.05, 4.69) is 17.3 Å². The molecule has 0 bridgehead atoms. The van der Waals surface area contributed by atoms with Crippen LogP contribution in [0, 0.1) is 12.8 Å². The Kier molecular flexibility index (Phi) is 6.90. The van der Waals surface area contributed by atoms with Gasteiger partial charge in [0.05, 0.1) is 18.4 Å². The average molecular weight is 399 g/mol. The Morgan fingerprint density at radius 3 is 2.52 bits per heavy atom. The third kappa shape index (κ3) is 5.16. The van der Waals surface area contributed by atoms with Gasteiger partial charge < -0.3 is 15.0 Å². The van der Waals surface area contributed by atoms with Crippen LogP contribution in [0.4, 0.5) is 0 Å². The van der Waals surface area contributed by atoms with Crippen molar-refractivity contribution in [2.24, 2.45) is 5.92 Å². The number of carbonyl (C=O) groups excluding carboxylic acids is 2. The highest BCUT2D eigenvalue weighted by molar-refractivity contribution is 5.95. The van der Waals surface area contributed by atoms with Crippen LogP contribution < -0.4 is 10.1 Å². The van der Waals surface area contributed by atoms with Crippen LogP contribution in [-0.4, -0.2) is 46.7 Å². The number of likely N-dealkylation sites (tertiary alicyclic amines) is 1. The van der Waals surface area contributed by atoms with Crippen LogP contribution >= 0.6 is 0 Å². The van der Waals surface area contributed by atoms with Crippen LogP contribution in [0.2, 0.25) is 0 Å². The van der Waals surface area contributed by atoms with Gasteiger partial charge in [0, 0.05) is 38.3 Å². The lowest BCUT2D eigenvalue weighted by atomic mass is 9.95. The minimum atomic E-state index is -0.0544. The Morgan fingerprint density at radius 1 is 1.21 bits per heavy atom. The molecular formula is C22H30N4O3. The molecule has 0 saturated carbocycles. The molecular weight excluding hydrogens is 368 g/mol. The minimum Gasteiger partial charge on any atom is -0.497 e. The molecule has 3 rings (SSSR count). The third-order valence-electron chi connectivity index (χ3n) is 5.41. The third-order valence-corrected chi connectivity index (χ3v) is 5.41. The maximum atomic E-state index is 12.8. The number of carbonyl (C=O) groups is 2. The number of hydrogen-bond acceptors (Lipinski definition) is 4. The second kappa shape index (κ2) is 9.58. The standard InChI is InChI=1S/C22H30N4O3/c1-4-11-26-15-20(16(2)24-26)22(28)25-12-9-18(10-13-25)21(27)23-14-17-5-7-19(29-3)8-6-17/h5-8,15,18H,4,9-14H2,1-3H3,(H,23,27). The second-order valence-electron chi connectivity index (χ2n) is 7.52. The van der Waals surface area contributed by atoms with Gasteiger partial charge in [-0.05, 0) is 43.9 Å². The molecule has 1 fully saturated rings. The number of nitrogens with one attached hydrogen (secondary N) is 1. The van der Waals surface area contributed by atoms with Gasteiger partial charge in [-0.15, -0.1) is 0 Å². The van der Waals surface area contributed by atoms with Crippen molar-refractivity contribution in [2.45, 2.75) is 46.2 Å². The van der Waals surface area contributed by atoms with E-state index in [4.69, 9.17) is 4.74 Å². The number of piperidine rings is 1. The van der Waals surface area contributed by atoms with E-state index in [-0.39, 0.29) is 17.7 Å². The Morgan fingerprint density at radius 2 is 1.90 bits per heavy atom. The molecule has 1 aromatic heterocycles. The van der Waals surface area contributed by atoms with Crippen LogP contribution in [-0.2, 0) is 17.9 Å². The lowest BCUT2D eigenvalue weighted by Crippen LogP contribution is -2.43. The fourth-order valence-corrected chi connectivity index (χ4v) is 3.66. The number of benzene rings is 1. The fraction of sp³-hybridized carbons (Fsp3) is 0.500. The molecule has 2 heterocycles. The number of rotatable bonds is 7. The smallest absolute Gasteiger partial charge is 0.257 e. The van der Waals surface area contributed by atoms with Gasteiger partial charge in [0.25, 0.3) is 5.91 Å². The predicted molar refractivity (Wildman–Crippen MR) is 111 cm³/mol. The fourth-order valence-electron chi connectivity index (χ4n) is 3.66. The van der Waals surface area contributed by atoms with Crippen molar-refractivity contribution in [3.8, 4) is 5.75 Å². The molecule has 1 aliphatic heterocycles. The monoisotopic (exact) mass is 398 g/mol. The predicted octanol–water partition coefficient (Wildman–Crippen LogP) is 2.78. The maximum absolute atomic E-state index is 12.8. The highest BCUT2D eigenvalue weighted by Gasteiger charge is 2.29. The Bertz CT molecular complexity index is 836. The van der Waals surface area contributed by atoms with Gasteiger partial charge in [-0.25, -0.2) is 0 Å².